The molecule has 0 fully saturated rings. The number of primary amides is 1. The molecule has 0 saturated carbocycles. The van der Waals surface area contributed by atoms with E-state index in [0.29, 0.717) is 0 Å². The van der Waals surface area contributed by atoms with Gasteiger partial charge < -0.3 is 16.2 Å². The van der Waals surface area contributed by atoms with Gasteiger partial charge in [-0.1, -0.05) is 0 Å². The first-order chi connectivity index (χ1) is 6.34. The fourth-order valence-electron chi connectivity index (χ4n) is 0.636. The predicted molar refractivity (Wildman–Crippen MR) is 39.4 cm³/mol. The van der Waals surface area contributed by atoms with Crippen molar-refractivity contribution in [1.29, 1.82) is 0 Å². The third-order valence-corrected chi connectivity index (χ3v) is 1.22. The normalized spacial score (nSPS) is 12.2. The van der Waals surface area contributed by atoms with Gasteiger partial charge in [0.2, 0.25) is 5.91 Å². The summed E-state index contributed by atoms with van der Waals surface area (Å²) in [5, 5.41) is 9.84. The summed E-state index contributed by atoms with van der Waals surface area (Å²) in [7, 11) is 0. The van der Waals surface area contributed by atoms with Crippen molar-refractivity contribution in [2.24, 2.45) is 5.73 Å². The average Bonchev–Trinajstić information content (AvgIpc) is 2.01. The van der Waals surface area contributed by atoms with E-state index in [-0.39, 0.29) is 0 Å². The van der Waals surface area contributed by atoms with Crippen molar-refractivity contribution >= 4 is 17.8 Å². The van der Waals surface area contributed by atoms with Crippen molar-refractivity contribution in [3.05, 3.63) is 0 Å². The highest BCUT2D eigenvalue weighted by Gasteiger charge is 2.25. The second-order valence-corrected chi connectivity index (χ2v) is 2.37. The number of nitrogens with one attached hydrogen (secondary N) is 1. The number of carbonyl (C=O) groups excluding carboxylic acids is 2. The standard InChI is InChI=1S/C6H8F2N2O4/c7-4(8)5(12)10-2(6(13)14)1-3(9)11/h2,4H,1H2,(H2,9,11)(H,10,12)(H,13,14)/t2-/m0/s1. The minimum Gasteiger partial charge on any atom is -0.480 e. The van der Waals surface area contributed by atoms with Crippen LogP contribution in [0.5, 0.6) is 0 Å². The van der Waals surface area contributed by atoms with Crippen LogP contribution in [0.1, 0.15) is 6.42 Å². The Balaban J connectivity index is 4.31. The maximum atomic E-state index is 11.7. The Kier molecular flexibility index (Phi) is 4.47. The SMILES string of the molecule is NC(=O)C[C@H](NC(=O)C(F)F)C(=O)O. The van der Waals surface area contributed by atoms with E-state index in [0.717, 1.165) is 0 Å². The van der Waals surface area contributed by atoms with E-state index in [1.54, 1.807) is 0 Å². The molecule has 4 N–H and O–H groups in total. The molecule has 8 heteroatoms. The monoisotopic (exact) mass is 210 g/mol. The fourth-order valence-corrected chi connectivity index (χ4v) is 0.636. The van der Waals surface area contributed by atoms with Crippen LogP contribution in [-0.4, -0.2) is 35.4 Å². The molecule has 0 unspecified atom stereocenters. The zero-order chi connectivity index (χ0) is 11.3. The lowest BCUT2D eigenvalue weighted by Crippen LogP contribution is -2.45. The fraction of sp³-hybridized carbons (Fsp3) is 0.500. The molecule has 0 bridgehead atoms. The van der Waals surface area contributed by atoms with E-state index in [9.17, 15) is 23.2 Å². The van der Waals surface area contributed by atoms with Gasteiger partial charge in [0, 0.05) is 0 Å². The molecule has 1 atom stereocenters. The molecule has 0 saturated heterocycles. The summed E-state index contributed by atoms with van der Waals surface area (Å²) >= 11 is 0. The van der Waals surface area contributed by atoms with Crippen molar-refractivity contribution in [2.75, 3.05) is 0 Å². The number of nitrogens with two attached hydrogens (primary N) is 1. The Bertz CT molecular complexity index is 256. The lowest BCUT2D eigenvalue weighted by Gasteiger charge is -2.11. The lowest BCUT2D eigenvalue weighted by molar-refractivity contribution is -0.145. The molecule has 0 aliphatic rings. The lowest BCUT2D eigenvalue weighted by atomic mass is 10.2. The first-order valence-electron chi connectivity index (χ1n) is 3.44. The Morgan fingerprint density at radius 2 is 1.86 bits per heavy atom. The summed E-state index contributed by atoms with van der Waals surface area (Å²) in [5.74, 6) is -4.36. The number of rotatable bonds is 5. The Morgan fingerprint density at radius 3 is 2.14 bits per heavy atom. The van der Waals surface area contributed by atoms with Gasteiger partial charge in [0.05, 0.1) is 6.42 Å². The molecule has 0 aromatic rings. The summed E-state index contributed by atoms with van der Waals surface area (Å²) in [6, 6.07) is -1.71. The number of alkyl halides is 2. The van der Waals surface area contributed by atoms with Crippen LogP contribution >= 0.6 is 0 Å². The van der Waals surface area contributed by atoms with Gasteiger partial charge >= 0.3 is 12.4 Å². The van der Waals surface area contributed by atoms with Crippen LogP contribution in [0.4, 0.5) is 8.78 Å². The van der Waals surface area contributed by atoms with Gasteiger partial charge in [0.15, 0.2) is 0 Å². The molecular formula is C6H8F2N2O4. The van der Waals surface area contributed by atoms with E-state index in [4.69, 9.17) is 5.11 Å². The number of halogens is 2. The Hall–Kier alpha value is -1.73. The van der Waals surface area contributed by atoms with Gasteiger partial charge in [-0.2, -0.15) is 8.78 Å². The Labute approximate surface area is 77.1 Å². The molecule has 0 aromatic carbocycles. The third-order valence-electron chi connectivity index (χ3n) is 1.22. The number of hydrogen-bond acceptors (Lipinski definition) is 3. The van der Waals surface area contributed by atoms with Gasteiger partial charge in [-0.05, 0) is 0 Å². The van der Waals surface area contributed by atoms with Crippen LogP contribution in [0, 0.1) is 0 Å². The number of hydrogen-bond donors (Lipinski definition) is 3. The maximum absolute atomic E-state index is 11.7. The summed E-state index contributed by atoms with van der Waals surface area (Å²) in [6.07, 6.45) is -4.06. The second kappa shape index (κ2) is 5.10. The quantitative estimate of drug-likeness (QED) is 0.523. The Morgan fingerprint density at radius 1 is 1.36 bits per heavy atom. The molecule has 14 heavy (non-hydrogen) atoms. The number of carbonyl (C=O) groups is 3. The van der Waals surface area contributed by atoms with E-state index >= 15 is 0 Å². The number of carboxylic acids is 1. The molecule has 0 aromatic heterocycles. The average molecular weight is 210 g/mol. The third kappa shape index (κ3) is 4.33. The minimum absolute atomic E-state index is 0.728. The topological polar surface area (TPSA) is 109 Å². The number of carboxylic acid groups (broad SMARTS) is 1. The highest BCUT2D eigenvalue weighted by atomic mass is 19.3. The zero-order valence-corrected chi connectivity index (χ0v) is 6.87. The van der Waals surface area contributed by atoms with Gasteiger partial charge in [0.25, 0.3) is 5.91 Å². The first kappa shape index (κ1) is 12.3. The largest absolute Gasteiger partial charge is 0.480 e. The van der Waals surface area contributed by atoms with Crippen molar-refractivity contribution in [3.8, 4) is 0 Å². The van der Waals surface area contributed by atoms with Gasteiger partial charge in [-0.15, -0.1) is 0 Å². The van der Waals surface area contributed by atoms with Gasteiger partial charge in [-0.3, -0.25) is 9.59 Å². The maximum Gasteiger partial charge on any atom is 0.326 e. The van der Waals surface area contributed by atoms with E-state index in [1.165, 1.54) is 5.32 Å². The highest BCUT2D eigenvalue weighted by molar-refractivity contribution is 5.89. The van der Waals surface area contributed by atoms with Crippen LogP contribution in [0.3, 0.4) is 0 Å². The molecular weight excluding hydrogens is 202 g/mol. The van der Waals surface area contributed by atoms with Crippen molar-refractivity contribution in [1.82, 2.24) is 5.32 Å². The summed E-state index contributed by atoms with van der Waals surface area (Å²) < 4.78 is 23.3. The highest BCUT2D eigenvalue weighted by Crippen LogP contribution is 1.96. The van der Waals surface area contributed by atoms with Crippen LogP contribution < -0.4 is 11.1 Å². The van der Waals surface area contributed by atoms with Crippen LogP contribution in [0.2, 0.25) is 0 Å². The van der Waals surface area contributed by atoms with Crippen LogP contribution in [-0.2, 0) is 14.4 Å². The molecule has 2 amide bonds. The smallest absolute Gasteiger partial charge is 0.326 e. The molecule has 0 heterocycles. The van der Waals surface area contributed by atoms with E-state index in [2.05, 4.69) is 5.73 Å². The summed E-state index contributed by atoms with van der Waals surface area (Å²) in [4.78, 5) is 31.0. The molecule has 0 aliphatic heterocycles. The van der Waals surface area contributed by atoms with Crippen molar-refractivity contribution in [2.45, 2.75) is 18.9 Å². The zero-order valence-electron chi connectivity index (χ0n) is 6.87. The second-order valence-electron chi connectivity index (χ2n) is 2.37. The number of amides is 2. The van der Waals surface area contributed by atoms with Crippen molar-refractivity contribution < 1.29 is 28.3 Å². The molecule has 80 valence electrons. The number of aliphatic carboxylic acids is 1. The van der Waals surface area contributed by atoms with E-state index < -0.39 is 36.7 Å². The summed E-state index contributed by atoms with van der Waals surface area (Å²) in [5.41, 5.74) is 4.64. The summed E-state index contributed by atoms with van der Waals surface area (Å²) in [6.45, 7) is 0. The molecule has 0 aliphatic carbocycles. The minimum atomic E-state index is -3.33. The van der Waals surface area contributed by atoms with Crippen molar-refractivity contribution in [3.63, 3.8) is 0 Å². The van der Waals surface area contributed by atoms with Gasteiger partial charge in [0.1, 0.15) is 6.04 Å². The molecule has 0 rings (SSSR count). The predicted octanol–water partition coefficient (Wildman–Crippen LogP) is -1.30. The molecule has 0 spiro atoms. The molecule has 0 radical (unpaired) electrons. The van der Waals surface area contributed by atoms with Crippen LogP contribution in [0.25, 0.3) is 0 Å². The van der Waals surface area contributed by atoms with Gasteiger partial charge in [-0.25, -0.2) is 4.79 Å². The van der Waals surface area contributed by atoms with Crippen LogP contribution in [0.15, 0.2) is 0 Å². The first-order valence-corrected chi connectivity index (χ1v) is 3.44. The molecule has 6 nitrogen and oxygen atoms in total. The van der Waals surface area contributed by atoms with E-state index in [1.807, 2.05) is 0 Å².